The fourth-order valence-electron chi connectivity index (χ4n) is 5.62. The molecule has 2 nitrogen and oxygen atoms in total. The molecule has 2 aliphatic carbocycles. The first-order chi connectivity index (χ1) is 9.08. The maximum Gasteiger partial charge on any atom is 0.164 e. The maximum atomic E-state index is 6.45. The van der Waals surface area contributed by atoms with Crippen LogP contribution in [0.15, 0.2) is 0 Å². The van der Waals surface area contributed by atoms with Crippen molar-refractivity contribution in [2.24, 2.45) is 29.1 Å². The third kappa shape index (κ3) is 1.90. The minimum atomic E-state index is -0.432. The molecule has 0 N–H and O–H groups in total. The van der Waals surface area contributed by atoms with Crippen molar-refractivity contribution in [3.63, 3.8) is 0 Å². The van der Waals surface area contributed by atoms with Crippen LogP contribution >= 0.6 is 0 Å². The van der Waals surface area contributed by atoms with Gasteiger partial charge < -0.3 is 9.47 Å². The van der Waals surface area contributed by atoms with E-state index in [1.165, 1.54) is 19.3 Å². The topological polar surface area (TPSA) is 18.5 Å². The summed E-state index contributed by atoms with van der Waals surface area (Å²) in [6.07, 6.45) is 4.20. The highest BCUT2D eigenvalue weighted by molar-refractivity contribution is 5.09. The highest BCUT2D eigenvalue weighted by Gasteiger charge is 2.62. The average molecular weight is 280 g/mol. The molecule has 20 heavy (non-hydrogen) atoms. The molecule has 0 aromatic carbocycles. The minimum absolute atomic E-state index is 0.142. The van der Waals surface area contributed by atoms with Gasteiger partial charge in [-0.25, -0.2) is 0 Å². The quantitative estimate of drug-likeness (QED) is 0.644. The summed E-state index contributed by atoms with van der Waals surface area (Å²) >= 11 is 0. The zero-order chi connectivity index (χ0) is 14.9. The van der Waals surface area contributed by atoms with Crippen LogP contribution in [0.5, 0.6) is 0 Å². The summed E-state index contributed by atoms with van der Waals surface area (Å²) < 4.78 is 12.8. The lowest BCUT2D eigenvalue weighted by Gasteiger charge is -2.45. The second-order valence-electron chi connectivity index (χ2n) is 8.90. The van der Waals surface area contributed by atoms with Crippen LogP contribution in [0.3, 0.4) is 0 Å². The molecule has 2 saturated carbocycles. The van der Waals surface area contributed by atoms with Gasteiger partial charge in [-0.3, -0.25) is 0 Å². The summed E-state index contributed by atoms with van der Waals surface area (Å²) in [4.78, 5) is 0. The Morgan fingerprint density at radius 2 is 1.60 bits per heavy atom. The lowest BCUT2D eigenvalue weighted by Crippen LogP contribution is -2.48. The molecular formula is C18H32O2. The highest BCUT2D eigenvalue weighted by atomic mass is 16.8. The van der Waals surface area contributed by atoms with Crippen LogP contribution in [0.1, 0.15) is 67.7 Å². The molecule has 3 fully saturated rings. The normalized spacial score (nSPS) is 53.2. The van der Waals surface area contributed by atoms with Gasteiger partial charge in [0, 0.05) is 0 Å². The summed E-state index contributed by atoms with van der Waals surface area (Å²) in [5, 5.41) is 0. The first kappa shape index (κ1) is 14.8. The molecule has 3 rings (SSSR count). The zero-order valence-corrected chi connectivity index (χ0v) is 14.3. The standard InChI is InChI=1S/C18H32O2/c1-11-8-9-14-13(11)10-15-18(7,12(2)16(14,3)4)20-17(5,6)19-15/h11-15H,8-10H2,1-7H3/t11-,12-,13?,14-,15?,18?/m1/s1. The van der Waals surface area contributed by atoms with E-state index < -0.39 is 5.79 Å². The minimum Gasteiger partial charge on any atom is -0.344 e. The van der Waals surface area contributed by atoms with Crippen LogP contribution in [-0.2, 0) is 9.47 Å². The molecule has 0 radical (unpaired) electrons. The molecule has 0 amide bonds. The Bertz CT molecular complexity index is 400. The lowest BCUT2D eigenvalue weighted by atomic mass is 9.63. The van der Waals surface area contributed by atoms with Gasteiger partial charge in [0.05, 0.1) is 11.7 Å². The van der Waals surface area contributed by atoms with Gasteiger partial charge in [0.1, 0.15) is 0 Å². The first-order valence-corrected chi connectivity index (χ1v) is 8.46. The Kier molecular flexibility index (Phi) is 3.14. The fraction of sp³-hybridized carbons (Fsp3) is 1.00. The van der Waals surface area contributed by atoms with Crippen LogP contribution in [0.25, 0.3) is 0 Å². The van der Waals surface area contributed by atoms with Crippen LogP contribution < -0.4 is 0 Å². The second-order valence-corrected chi connectivity index (χ2v) is 8.90. The van der Waals surface area contributed by atoms with Gasteiger partial charge in [0.2, 0.25) is 0 Å². The monoisotopic (exact) mass is 280 g/mol. The van der Waals surface area contributed by atoms with Crippen LogP contribution in [0, 0.1) is 29.1 Å². The van der Waals surface area contributed by atoms with Gasteiger partial charge >= 0.3 is 0 Å². The largest absolute Gasteiger partial charge is 0.344 e. The lowest BCUT2D eigenvalue weighted by molar-refractivity contribution is -0.182. The van der Waals surface area contributed by atoms with Crippen molar-refractivity contribution in [2.45, 2.75) is 85.2 Å². The fourth-order valence-corrected chi connectivity index (χ4v) is 5.62. The Hall–Kier alpha value is -0.0800. The van der Waals surface area contributed by atoms with Gasteiger partial charge in [0.25, 0.3) is 0 Å². The second kappa shape index (κ2) is 4.23. The van der Waals surface area contributed by atoms with E-state index in [1.54, 1.807) is 0 Å². The van der Waals surface area contributed by atoms with Crippen molar-refractivity contribution in [1.82, 2.24) is 0 Å². The molecule has 2 heteroatoms. The van der Waals surface area contributed by atoms with E-state index in [2.05, 4.69) is 48.5 Å². The van der Waals surface area contributed by atoms with E-state index in [0.29, 0.717) is 11.3 Å². The molecule has 6 atom stereocenters. The molecule has 116 valence electrons. The summed E-state index contributed by atoms with van der Waals surface area (Å²) in [6, 6.07) is 0. The predicted octanol–water partition coefficient (Wildman–Crippen LogP) is 4.62. The molecular weight excluding hydrogens is 248 g/mol. The number of hydrogen-bond donors (Lipinski definition) is 0. The third-order valence-electron chi connectivity index (χ3n) is 7.13. The summed E-state index contributed by atoms with van der Waals surface area (Å²) in [5.74, 6) is 2.54. The van der Waals surface area contributed by atoms with Crippen molar-refractivity contribution in [3.8, 4) is 0 Å². The van der Waals surface area contributed by atoms with E-state index in [-0.39, 0.29) is 11.7 Å². The van der Waals surface area contributed by atoms with Crippen LogP contribution in [-0.4, -0.2) is 17.5 Å². The van der Waals surface area contributed by atoms with E-state index in [1.807, 2.05) is 0 Å². The molecule has 0 spiro atoms. The Morgan fingerprint density at radius 1 is 0.950 bits per heavy atom. The molecule has 1 aliphatic heterocycles. The predicted molar refractivity (Wildman–Crippen MR) is 81.4 cm³/mol. The average Bonchev–Trinajstić information content (AvgIpc) is 2.76. The van der Waals surface area contributed by atoms with E-state index in [4.69, 9.17) is 9.47 Å². The molecule has 1 heterocycles. The molecule has 1 saturated heterocycles. The smallest absolute Gasteiger partial charge is 0.164 e. The van der Waals surface area contributed by atoms with Crippen molar-refractivity contribution in [3.05, 3.63) is 0 Å². The number of ether oxygens (including phenoxy) is 2. The van der Waals surface area contributed by atoms with Crippen molar-refractivity contribution < 1.29 is 9.47 Å². The Morgan fingerprint density at radius 3 is 2.25 bits per heavy atom. The van der Waals surface area contributed by atoms with Crippen LogP contribution in [0.4, 0.5) is 0 Å². The van der Waals surface area contributed by atoms with E-state index in [0.717, 1.165) is 17.8 Å². The highest BCUT2D eigenvalue weighted by Crippen LogP contribution is 2.60. The van der Waals surface area contributed by atoms with Crippen molar-refractivity contribution in [2.75, 3.05) is 0 Å². The Balaban J connectivity index is 2.02. The van der Waals surface area contributed by atoms with Crippen LogP contribution in [0.2, 0.25) is 0 Å². The molecule has 0 aromatic heterocycles. The van der Waals surface area contributed by atoms with Gasteiger partial charge in [0.15, 0.2) is 5.79 Å². The van der Waals surface area contributed by atoms with E-state index in [9.17, 15) is 0 Å². The Labute approximate surface area is 124 Å². The van der Waals surface area contributed by atoms with E-state index >= 15 is 0 Å². The third-order valence-corrected chi connectivity index (χ3v) is 7.13. The molecule has 0 aromatic rings. The number of hydrogen-bond acceptors (Lipinski definition) is 2. The van der Waals surface area contributed by atoms with Gasteiger partial charge in [-0.2, -0.15) is 0 Å². The zero-order valence-electron chi connectivity index (χ0n) is 14.3. The first-order valence-electron chi connectivity index (χ1n) is 8.46. The van der Waals surface area contributed by atoms with Crippen molar-refractivity contribution in [1.29, 1.82) is 0 Å². The summed E-state index contributed by atoms with van der Waals surface area (Å²) in [5.41, 5.74) is 0.180. The van der Waals surface area contributed by atoms with Crippen molar-refractivity contribution >= 4 is 0 Å². The SMILES string of the molecule is C[C@@H]1CC[C@@H]2C1CC1OC(C)(C)OC1(C)[C@H](C)C2(C)C. The molecule has 0 bridgehead atoms. The number of rotatable bonds is 0. The summed E-state index contributed by atoms with van der Waals surface area (Å²) in [6.45, 7) is 16.2. The van der Waals surface area contributed by atoms with Gasteiger partial charge in [-0.1, -0.05) is 34.1 Å². The summed E-state index contributed by atoms with van der Waals surface area (Å²) in [7, 11) is 0. The molecule has 3 unspecified atom stereocenters. The van der Waals surface area contributed by atoms with Gasteiger partial charge in [-0.05, 0) is 62.7 Å². The number of fused-ring (bicyclic) bond motifs is 2. The maximum absolute atomic E-state index is 6.45. The molecule has 3 aliphatic rings. The van der Waals surface area contributed by atoms with Gasteiger partial charge in [-0.15, -0.1) is 0 Å².